The summed E-state index contributed by atoms with van der Waals surface area (Å²) in [5.41, 5.74) is 0. The number of terminal acetylenes is 1. The van der Waals surface area contributed by atoms with Crippen LogP contribution < -0.4 is 0 Å². The van der Waals surface area contributed by atoms with Crippen molar-refractivity contribution in [1.82, 2.24) is 0 Å². The van der Waals surface area contributed by atoms with Crippen LogP contribution in [0.3, 0.4) is 0 Å². The first-order chi connectivity index (χ1) is 6.24. The fraction of sp³-hybridized carbons (Fsp3) is 0.833. The zero-order valence-electron chi connectivity index (χ0n) is 10.5. The maximum absolute atomic E-state index is 6.19. The third kappa shape index (κ3) is 3.85. The van der Waals surface area contributed by atoms with E-state index in [0.717, 1.165) is 12.8 Å². The van der Waals surface area contributed by atoms with Crippen molar-refractivity contribution < 1.29 is 4.43 Å². The number of hydrogen-bond donors (Lipinski definition) is 0. The van der Waals surface area contributed by atoms with Crippen LogP contribution in [-0.4, -0.2) is 14.4 Å². The SMILES string of the molecule is C#CC[C@H](CC)O[Si](C)(C)C(C)(C)C. The molecule has 82 valence electrons. The van der Waals surface area contributed by atoms with E-state index in [0.29, 0.717) is 0 Å². The van der Waals surface area contributed by atoms with Gasteiger partial charge in [0.1, 0.15) is 0 Å². The minimum Gasteiger partial charge on any atom is -0.413 e. The van der Waals surface area contributed by atoms with Gasteiger partial charge in [0.15, 0.2) is 8.32 Å². The first-order valence-electron chi connectivity index (χ1n) is 5.36. The van der Waals surface area contributed by atoms with Crippen molar-refractivity contribution >= 4 is 8.32 Å². The second-order valence-corrected chi connectivity index (χ2v) is 10.1. The van der Waals surface area contributed by atoms with Gasteiger partial charge in [-0.3, -0.25) is 0 Å². The van der Waals surface area contributed by atoms with Gasteiger partial charge in [0, 0.05) is 6.42 Å². The quantitative estimate of drug-likeness (QED) is 0.508. The normalized spacial score (nSPS) is 14.9. The maximum Gasteiger partial charge on any atom is 0.192 e. The van der Waals surface area contributed by atoms with Gasteiger partial charge in [-0.05, 0) is 24.6 Å². The molecule has 1 atom stereocenters. The fourth-order valence-corrected chi connectivity index (χ4v) is 2.43. The molecule has 0 bridgehead atoms. The summed E-state index contributed by atoms with van der Waals surface area (Å²) in [5.74, 6) is 2.69. The van der Waals surface area contributed by atoms with Gasteiger partial charge in [0.05, 0.1) is 6.10 Å². The van der Waals surface area contributed by atoms with Crippen molar-refractivity contribution in [3.05, 3.63) is 0 Å². The Hall–Kier alpha value is -0.263. The molecule has 1 nitrogen and oxygen atoms in total. The lowest BCUT2D eigenvalue weighted by molar-refractivity contribution is 0.181. The van der Waals surface area contributed by atoms with Crippen LogP contribution in [-0.2, 0) is 4.43 Å². The van der Waals surface area contributed by atoms with E-state index in [9.17, 15) is 0 Å². The van der Waals surface area contributed by atoms with Crippen molar-refractivity contribution in [1.29, 1.82) is 0 Å². The molecule has 0 aromatic carbocycles. The molecule has 14 heavy (non-hydrogen) atoms. The molecule has 0 aromatic heterocycles. The molecule has 0 aliphatic rings. The Kier molecular flexibility index (Phi) is 4.90. The smallest absolute Gasteiger partial charge is 0.192 e. The van der Waals surface area contributed by atoms with Crippen molar-refractivity contribution in [2.45, 2.75) is 64.8 Å². The predicted molar refractivity (Wildman–Crippen MR) is 65.8 cm³/mol. The van der Waals surface area contributed by atoms with E-state index in [1.807, 2.05) is 0 Å². The molecule has 0 saturated heterocycles. The largest absolute Gasteiger partial charge is 0.413 e. The predicted octanol–water partition coefficient (Wildman–Crippen LogP) is 3.81. The molecule has 0 aromatic rings. The van der Waals surface area contributed by atoms with Gasteiger partial charge in [-0.2, -0.15) is 0 Å². The standard InChI is InChI=1S/C12H24OSi/c1-8-10-11(9-2)13-14(6,7)12(3,4)5/h1,11H,9-10H2,2-7H3/t11-/m0/s1. The van der Waals surface area contributed by atoms with Crippen molar-refractivity contribution in [3.63, 3.8) is 0 Å². The summed E-state index contributed by atoms with van der Waals surface area (Å²) in [5, 5.41) is 0.273. The van der Waals surface area contributed by atoms with Crippen LogP contribution >= 0.6 is 0 Å². The van der Waals surface area contributed by atoms with Crippen LogP contribution in [0, 0.1) is 12.3 Å². The molecular formula is C12H24OSi. The highest BCUT2D eigenvalue weighted by molar-refractivity contribution is 6.74. The third-order valence-corrected chi connectivity index (χ3v) is 7.60. The average Bonchev–Trinajstić information content (AvgIpc) is 2.01. The van der Waals surface area contributed by atoms with Crippen LogP contribution in [0.4, 0.5) is 0 Å². The zero-order chi connectivity index (χ0) is 11.4. The van der Waals surface area contributed by atoms with Crippen LogP contribution in [0.5, 0.6) is 0 Å². The summed E-state index contributed by atoms with van der Waals surface area (Å²) >= 11 is 0. The van der Waals surface area contributed by atoms with E-state index < -0.39 is 8.32 Å². The molecule has 0 spiro atoms. The Labute approximate surface area is 90.4 Å². The first-order valence-corrected chi connectivity index (χ1v) is 8.26. The van der Waals surface area contributed by atoms with Gasteiger partial charge < -0.3 is 4.43 Å². The lowest BCUT2D eigenvalue weighted by Gasteiger charge is -2.38. The highest BCUT2D eigenvalue weighted by Crippen LogP contribution is 2.37. The molecule has 0 unspecified atom stereocenters. The van der Waals surface area contributed by atoms with Gasteiger partial charge in [0.25, 0.3) is 0 Å². The summed E-state index contributed by atoms with van der Waals surface area (Å²) in [6.45, 7) is 13.4. The Morgan fingerprint density at radius 2 is 1.86 bits per heavy atom. The second kappa shape index (κ2) is 5.00. The maximum atomic E-state index is 6.19. The summed E-state index contributed by atoms with van der Waals surface area (Å²) in [6, 6.07) is 0. The van der Waals surface area contributed by atoms with E-state index in [4.69, 9.17) is 10.8 Å². The van der Waals surface area contributed by atoms with Crippen LogP contribution in [0.2, 0.25) is 18.1 Å². The Bertz CT molecular complexity index is 207. The molecule has 2 heteroatoms. The molecule has 0 fully saturated rings. The van der Waals surface area contributed by atoms with Crippen molar-refractivity contribution in [2.75, 3.05) is 0 Å². The summed E-state index contributed by atoms with van der Waals surface area (Å²) < 4.78 is 6.19. The molecule has 0 heterocycles. The van der Waals surface area contributed by atoms with E-state index in [2.05, 4.69) is 46.7 Å². The monoisotopic (exact) mass is 212 g/mol. The van der Waals surface area contributed by atoms with Crippen LogP contribution in [0.1, 0.15) is 40.5 Å². The summed E-state index contributed by atoms with van der Waals surface area (Å²) in [6.07, 6.45) is 7.32. The zero-order valence-corrected chi connectivity index (χ0v) is 11.5. The molecule has 0 aliphatic carbocycles. The van der Waals surface area contributed by atoms with Crippen molar-refractivity contribution in [2.24, 2.45) is 0 Å². The topological polar surface area (TPSA) is 9.23 Å². The van der Waals surface area contributed by atoms with Crippen molar-refractivity contribution in [3.8, 4) is 12.3 Å². The van der Waals surface area contributed by atoms with E-state index in [-0.39, 0.29) is 11.1 Å². The number of rotatable bonds is 4. The Balaban J connectivity index is 4.41. The highest BCUT2D eigenvalue weighted by atomic mass is 28.4. The summed E-state index contributed by atoms with van der Waals surface area (Å²) in [4.78, 5) is 0. The molecule has 0 rings (SSSR count). The average molecular weight is 212 g/mol. The molecule has 0 saturated carbocycles. The first kappa shape index (κ1) is 13.7. The minimum atomic E-state index is -1.62. The van der Waals surface area contributed by atoms with Gasteiger partial charge in [-0.1, -0.05) is 27.7 Å². The Morgan fingerprint density at radius 3 is 2.14 bits per heavy atom. The molecule has 0 radical (unpaired) electrons. The van der Waals surface area contributed by atoms with E-state index in [1.165, 1.54) is 0 Å². The van der Waals surface area contributed by atoms with Gasteiger partial charge in [0.2, 0.25) is 0 Å². The van der Waals surface area contributed by atoms with Crippen LogP contribution in [0.25, 0.3) is 0 Å². The van der Waals surface area contributed by atoms with Gasteiger partial charge in [-0.15, -0.1) is 12.3 Å². The lowest BCUT2D eigenvalue weighted by Crippen LogP contribution is -2.43. The van der Waals surface area contributed by atoms with E-state index in [1.54, 1.807) is 0 Å². The molecule has 0 aliphatic heterocycles. The van der Waals surface area contributed by atoms with Gasteiger partial charge in [-0.25, -0.2) is 0 Å². The Morgan fingerprint density at radius 1 is 1.36 bits per heavy atom. The lowest BCUT2D eigenvalue weighted by atomic mass is 10.2. The summed E-state index contributed by atoms with van der Waals surface area (Å²) in [7, 11) is -1.62. The molecule has 0 amide bonds. The highest BCUT2D eigenvalue weighted by Gasteiger charge is 2.38. The van der Waals surface area contributed by atoms with Gasteiger partial charge >= 0.3 is 0 Å². The molecular weight excluding hydrogens is 188 g/mol. The second-order valence-electron chi connectivity index (χ2n) is 5.32. The molecule has 0 N–H and O–H groups in total. The third-order valence-electron chi connectivity index (χ3n) is 3.07. The van der Waals surface area contributed by atoms with Crippen LogP contribution in [0.15, 0.2) is 0 Å². The minimum absolute atomic E-state index is 0.251. The van der Waals surface area contributed by atoms with E-state index >= 15 is 0 Å². The fourth-order valence-electron chi connectivity index (χ4n) is 0.994. The number of hydrogen-bond acceptors (Lipinski definition) is 1.